The highest BCUT2D eigenvalue weighted by Gasteiger charge is 2.17. The first-order chi connectivity index (χ1) is 9.98. The van der Waals surface area contributed by atoms with Crippen LogP contribution in [0.3, 0.4) is 0 Å². The Labute approximate surface area is 129 Å². The summed E-state index contributed by atoms with van der Waals surface area (Å²) in [5, 5.41) is 2.33. The molecule has 0 spiro atoms. The van der Waals surface area contributed by atoms with E-state index < -0.39 is 13.4 Å². The molecule has 0 aliphatic rings. The standard InChI is InChI=1S/C15H33N2O3P/c1-2-3-4-5-6-7-8-9-10-11-12-13-21(19,20)17-14-15(16)18/h2-14H2,1H3,(H2,16,18)(H2,17,19,20). The van der Waals surface area contributed by atoms with Crippen LogP contribution in [0.15, 0.2) is 0 Å². The summed E-state index contributed by atoms with van der Waals surface area (Å²) in [7, 11) is -3.37. The van der Waals surface area contributed by atoms with Crippen LogP contribution in [-0.2, 0) is 9.36 Å². The Morgan fingerprint density at radius 3 is 1.81 bits per heavy atom. The van der Waals surface area contributed by atoms with Gasteiger partial charge in [-0.05, 0) is 6.42 Å². The first-order valence-electron chi connectivity index (χ1n) is 8.33. The number of primary amides is 1. The fourth-order valence-electron chi connectivity index (χ4n) is 2.27. The molecule has 21 heavy (non-hydrogen) atoms. The van der Waals surface area contributed by atoms with Crippen molar-refractivity contribution < 1.29 is 14.3 Å². The van der Waals surface area contributed by atoms with Crippen LogP contribution in [0, 0.1) is 0 Å². The summed E-state index contributed by atoms with van der Waals surface area (Å²) in [6, 6.07) is 0. The molecule has 1 amide bonds. The molecule has 4 N–H and O–H groups in total. The second kappa shape index (κ2) is 13.3. The number of carbonyl (C=O) groups is 1. The van der Waals surface area contributed by atoms with Crippen molar-refractivity contribution in [3.05, 3.63) is 0 Å². The van der Waals surface area contributed by atoms with Gasteiger partial charge >= 0.3 is 0 Å². The highest BCUT2D eigenvalue weighted by Crippen LogP contribution is 2.36. The molecule has 0 saturated carbocycles. The quantitative estimate of drug-likeness (QED) is 0.318. The third-order valence-electron chi connectivity index (χ3n) is 3.57. The molecule has 0 aromatic heterocycles. The third kappa shape index (κ3) is 15.8. The molecule has 0 bridgehead atoms. The molecule has 0 rings (SSSR count). The van der Waals surface area contributed by atoms with Gasteiger partial charge in [-0.2, -0.15) is 0 Å². The maximum atomic E-state index is 11.6. The Bertz CT molecular complexity index is 311. The molecule has 0 aromatic carbocycles. The maximum absolute atomic E-state index is 11.6. The van der Waals surface area contributed by atoms with Crippen LogP contribution in [0.1, 0.15) is 77.6 Å². The Morgan fingerprint density at radius 1 is 0.952 bits per heavy atom. The third-order valence-corrected chi connectivity index (χ3v) is 5.14. The molecule has 1 atom stereocenters. The average molecular weight is 320 g/mol. The number of rotatable bonds is 15. The summed E-state index contributed by atoms with van der Waals surface area (Å²) in [6.07, 6.45) is 13.5. The molecule has 5 nitrogen and oxygen atoms in total. The first-order valence-corrected chi connectivity index (χ1v) is 10.2. The van der Waals surface area contributed by atoms with Crippen molar-refractivity contribution in [2.24, 2.45) is 5.73 Å². The van der Waals surface area contributed by atoms with E-state index in [1.54, 1.807) is 0 Å². The predicted molar refractivity (Wildman–Crippen MR) is 88.4 cm³/mol. The zero-order valence-corrected chi connectivity index (χ0v) is 14.4. The zero-order chi connectivity index (χ0) is 16.0. The number of nitrogens with two attached hydrogens (primary N) is 1. The first kappa shape index (κ1) is 20.6. The monoisotopic (exact) mass is 320 g/mol. The van der Waals surface area contributed by atoms with Gasteiger partial charge in [-0.25, -0.2) is 5.09 Å². The van der Waals surface area contributed by atoms with Gasteiger partial charge in [-0.3, -0.25) is 9.36 Å². The highest BCUT2D eigenvalue weighted by molar-refractivity contribution is 7.55. The van der Waals surface area contributed by atoms with Crippen molar-refractivity contribution in [3.63, 3.8) is 0 Å². The van der Waals surface area contributed by atoms with Gasteiger partial charge in [0.2, 0.25) is 5.91 Å². The lowest BCUT2D eigenvalue weighted by Gasteiger charge is -2.11. The van der Waals surface area contributed by atoms with Crippen molar-refractivity contribution in [1.82, 2.24) is 5.09 Å². The van der Waals surface area contributed by atoms with E-state index >= 15 is 0 Å². The Morgan fingerprint density at radius 2 is 1.38 bits per heavy atom. The lowest BCUT2D eigenvalue weighted by molar-refractivity contribution is -0.116. The number of nitrogens with one attached hydrogen (secondary N) is 1. The van der Waals surface area contributed by atoms with Gasteiger partial charge in [0.05, 0.1) is 6.54 Å². The van der Waals surface area contributed by atoms with E-state index in [2.05, 4.69) is 12.0 Å². The Balaban J connectivity index is 3.31. The molecule has 0 heterocycles. The van der Waals surface area contributed by atoms with Crippen molar-refractivity contribution >= 4 is 13.4 Å². The van der Waals surface area contributed by atoms with Gasteiger partial charge in [0.15, 0.2) is 0 Å². The highest BCUT2D eigenvalue weighted by atomic mass is 31.2. The topological polar surface area (TPSA) is 92.4 Å². The van der Waals surface area contributed by atoms with E-state index in [9.17, 15) is 14.3 Å². The van der Waals surface area contributed by atoms with Crippen LogP contribution in [-0.4, -0.2) is 23.5 Å². The van der Waals surface area contributed by atoms with Gasteiger partial charge in [0.1, 0.15) is 0 Å². The van der Waals surface area contributed by atoms with E-state index in [0.29, 0.717) is 0 Å². The molecule has 6 heteroatoms. The summed E-state index contributed by atoms with van der Waals surface area (Å²) in [5.41, 5.74) is 4.93. The lowest BCUT2D eigenvalue weighted by Crippen LogP contribution is -2.27. The molecule has 0 aliphatic carbocycles. The van der Waals surface area contributed by atoms with Crippen LogP contribution >= 0.6 is 7.52 Å². The van der Waals surface area contributed by atoms with Gasteiger partial charge in [0.25, 0.3) is 7.52 Å². The molecule has 0 fully saturated rings. The maximum Gasteiger partial charge on any atom is 0.267 e. The van der Waals surface area contributed by atoms with E-state index in [1.807, 2.05) is 0 Å². The Kier molecular flexibility index (Phi) is 13.1. The molecule has 126 valence electrons. The van der Waals surface area contributed by atoms with E-state index in [-0.39, 0.29) is 12.7 Å². The molecule has 0 aromatic rings. The molecular weight excluding hydrogens is 287 g/mol. The van der Waals surface area contributed by atoms with E-state index in [1.165, 1.54) is 51.4 Å². The number of hydrogen-bond donors (Lipinski definition) is 3. The average Bonchev–Trinajstić information content (AvgIpc) is 2.43. The van der Waals surface area contributed by atoms with E-state index in [0.717, 1.165) is 19.3 Å². The van der Waals surface area contributed by atoms with Gasteiger partial charge in [-0.1, -0.05) is 71.1 Å². The predicted octanol–water partition coefficient (Wildman–Crippen LogP) is 3.56. The normalized spacial score (nSPS) is 14.0. The minimum absolute atomic E-state index is 0.220. The number of carbonyl (C=O) groups excluding carboxylic acids is 1. The number of hydrogen-bond acceptors (Lipinski definition) is 2. The molecule has 1 unspecified atom stereocenters. The van der Waals surface area contributed by atoms with Crippen LogP contribution in [0.4, 0.5) is 0 Å². The van der Waals surface area contributed by atoms with Crippen molar-refractivity contribution in [1.29, 1.82) is 0 Å². The molecule has 0 saturated heterocycles. The number of unbranched alkanes of at least 4 members (excludes halogenated alkanes) is 10. The molecular formula is C15H33N2O3P. The summed E-state index contributed by atoms with van der Waals surface area (Å²) < 4.78 is 11.6. The summed E-state index contributed by atoms with van der Waals surface area (Å²) in [4.78, 5) is 20.1. The summed E-state index contributed by atoms with van der Waals surface area (Å²) >= 11 is 0. The smallest absolute Gasteiger partial charge is 0.267 e. The number of amides is 1. The minimum Gasteiger partial charge on any atom is -0.369 e. The van der Waals surface area contributed by atoms with E-state index in [4.69, 9.17) is 5.73 Å². The van der Waals surface area contributed by atoms with Crippen LogP contribution in [0.2, 0.25) is 0 Å². The summed E-state index contributed by atoms with van der Waals surface area (Å²) in [6.45, 7) is 2.00. The largest absolute Gasteiger partial charge is 0.369 e. The van der Waals surface area contributed by atoms with Crippen LogP contribution < -0.4 is 10.8 Å². The van der Waals surface area contributed by atoms with Crippen LogP contribution in [0.25, 0.3) is 0 Å². The fourth-order valence-corrected chi connectivity index (χ4v) is 3.48. The van der Waals surface area contributed by atoms with Crippen molar-refractivity contribution in [2.45, 2.75) is 77.6 Å². The van der Waals surface area contributed by atoms with Gasteiger partial charge < -0.3 is 10.6 Å². The Hall–Kier alpha value is -0.380. The second-order valence-corrected chi connectivity index (χ2v) is 7.93. The van der Waals surface area contributed by atoms with Gasteiger partial charge in [-0.15, -0.1) is 0 Å². The van der Waals surface area contributed by atoms with Crippen molar-refractivity contribution in [3.8, 4) is 0 Å². The lowest BCUT2D eigenvalue weighted by atomic mass is 10.1. The SMILES string of the molecule is CCCCCCCCCCCCCP(=O)(O)NCC(N)=O. The zero-order valence-electron chi connectivity index (χ0n) is 13.5. The van der Waals surface area contributed by atoms with Crippen molar-refractivity contribution in [2.75, 3.05) is 12.7 Å². The summed E-state index contributed by atoms with van der Waals surface area (Å²) in [5.74, 6) is -0.608. The second-order valence-electron chi connectivity index (χ2n) is 5.76. The molecule has 0 radical (unpaired) electrons. The van der Waals surface area contributed by atoms with Gasteiger partial charge in [0, 0.05) is 6.16 Å². The molecule has 0 aliphatic heterocycles. The van der Waals surface area contributed by atoms with Crippen LogP contribution in [0.5, 0.6) is 0 Å². The fraction of sp³-hybridized carbons (Fsp3) is 0.933. The minimum atomic E-state index is -3.37.